The summed E-state index contributed by atoms with van der Waals surface area (Å²) in [5, 5.41) is 10.1. The first-order valence-corrected chi connectivity index (χ1v) is 8.13. The molecule has 0 radical (unpaired) electrons. The van der Waals surface area contributed by atoms with E-state index in [1.54, 1.807) is 14.1 Å². The van der Waals surface area contributed by atoms with Gasteiger partial charge >= 0.3 is 0 Å². The zero-order valence-electron chi connectivity index (χ0n) is 14.8. The van der Waals surface area contributed by atoms with Crippen LogP contribution in [-0.2, 0) is 17.9 Å². The van der Waals surface area contributed by atoms with Crippen molar-refractivity contribution in [3.63, 3.8) is 0 Å². The molecule has 11 heteroatoms. The monoisotopic (exact) mass is 388 g/mol. The Morgan fingerprint density at radius 2 is 2.00 bits per heavy atom. The van der Waals surface area contributed by atoms with E-state index in [-0.39, 0.29) is 34.5 Å². The molecule has 26 heavy (non-hydrogen) atoms. The Morgan fingerprint density at radius 3 is 2.50 bits per heavy atom. The molecule has 0 saturated heterocycles. The fourth-order valence-corrected chi connectivity index (χ4v) is 2.54. The summed E-state index contributed by atoms with van der Waals surface area (Å²) >= 11 is 5.82. The summed E-state index contributed by atoms with van der Waals surface area (Å²) in [5.41, 5.74) is 0.153. The molecule has 0 aliphatic carbocycles. The molecule has 0 saturated carbocycles. The maximum atomic E-state index is 12.9. The van der Waals surface area contributed by atoms with Gasteiger partial charge in [-0.25, -0.2) is 8.78 Å². The van der Waals surface area contributed by atoms with Gasteiger partial charge in [-0.3, -0.25) is 19.0 Å². The van der Waals surface area contributed by atoms with Crippen molar-refractivity contribution in [3.05, 3.63) is 28.3 Å². The Bertz CT molecular complexity index is 830. The van der Waals surface area contributed by atoms with Crippen molar-refractivity contribution in [2.45, 2.75) is 33.4 Å². The van der Waals surface area contributed by atoms with Crippen molar-refractivity contribution >= 4 is 29.1 Å². The fourth-order valence-electron chi connectivity index (χ4n) is 2.32. The molecule has 0 aliphatic heterocycles. The second-order valence-electron chi connectivity index (χ2n) is 5.71. The smallest absolute Gasteiger partial charge is 0.283 e. The van der Waals surface area contributed by atoms with Crippen molar-refractivity contribution in [2.24, 2.45) is 0 Å². The minimum Gasteiger partial charge on any atom is -0.343 e. The molecule has 0 spiro atoms. The minimum absolute atomic E-state index is 0.171. The van der Waals surface area contributed by atoms with Crippen LogP contribution in [0.2, 0.25) is 5.02 Å². The third-order valence-electron chi connectivity index (χ3n) is 3.68. The number of nitrogens with zero attached hydrogens (tertiary/aromatic N) is 5. The molecular weight excluding hydrogens is 370 g/mol. The molecule has 2 heterocycles. The number of aromatic nitrogens is 4. The van der Waals surface area contributed by atoms with Crippen molar-refractivity contribution in [1.82, 2.24) is 24.5 Å². The third-order valence-corrected chi connectivity index (χ3v) is 4.15. The lowest BCUT2D eigenvalue weighted by Crippen LogP contribution is -2.27. The quantitative estimate of drug-likeness (QED) is 0.823. The summed E-state index contributed by atoms with van der Waals surface area (Å²) in [7, 11) is 3.17. The molecule has 0 aliphatic rings. The lowest BCUT2D eigenvalue weighted by Gasteiger charge is -2.13. The Morgan fingerprint density at radius 1 is 1.35 bits per heavy atom. The zero-order valence-corrected chi connectivity index (χ0v) is 15.5. The van der Waals surface area contributed by atoms with Gasteiger partial charge in [0.2, 0.25) is 5.91 Å². The fraction of sp³-hybridized carbons (Fsp3) is 0.467. The highest BCUT2D eigenvalue weighted by molar-refractivity contribution is 6.31. The van der Waals surface area contributed by atoms with Crippen LogP contribution < -0.4 is 5.32 Å². The van der Waals surface area contributed by atoms with Crippen LogP contribution in [0.5, 0.6) is 0 Å². The number of hydrogen-bond donors (Lipinski definition) is 1. The van der Waals surface area contributed by atoms with Crippen molar-refractivity contribution in [2.75, 3.05) is 19.4 Å². The van der Waals surface area contributed by atoms with E-state index in [1.165, 1.54) is 22.7 Å². The predicted octanol–water partition coefficient (Wildman–Crippen LogP) is 2.34. The first-order chi connectivity index (χ1) is 12.2. The zero-order chi connectivity index (χ0) is 19.6. The van der Waals surface area contributed by atoms with Crippen LogP contribution in [-0.4, -0.2) is 50.4 Å². The number of amides is 2. The van der Waals surface area contributed by atoms with Crippen LogP contribution in [0.4, 0.5) is 14.5 Å². The van der Waals surface area contributed by atoms with Gasteiger partial charge in [0.1, 0.15) is 17.9 Å². The van der Waals surface area contributed by atoms with Crippen molar-refractivity contribution in [1.29, 1.82) is 0 Å². The molecule has 2 rings (SSSR count). The van der Waals surface area contributed by atoms with E-state index in [9.17, 15) is 18.4 Å². The van der Waals surface area contributed by atoms with E-state index in [0.29, 0.717) is 6.54 Å². The summed E-state index contributed by atoms with van der Waals surface area (Å²) in [6.07, 6.45) is -1.47. The molecule has 1 N–H and O–H groups in total. The largest absolute Gasteiger partial charge is 0.343 e. The van der Waals surface area contributed by atoms with E-state index in [2.05, 4.69) is 15.5 Å². The van der Waals surface area contributed by atoms with E-state index >= 15 is 0 Å². The standard InChI is InChI=1S/C15H19ClF2N6O2/c1-5-23-13(15(26)22(3)4)9(6-19-23)20-10(25)7-24-8(2)11(16)12(21-24)14(17)18/h6,14H,5,7H2,1-4H3,(H,20,25). The summed E-state index contributed by atoms with van der Waals surface area (Å²) in [5.74, 6) is -0.866. The number of alkyl halides is 2. The average molecular weight is 389 g/mol. The number of carbonyl (C=O) groups is 2. The van der Waals surface area contributed by atoms with Crippen LogP contribution in [0, 0.1) is 6.92 Å². The molecule has 0 atom stereocenters. The lowest BCUT2D eigenvalue weighted by molar-refractivity contribution is -0.117. The molecule has 8 nitrogen and oxygen atoms in total. The normalized spacial score (nSPS) is 11.1. The van der Waals surface area contributed by atoms with Crippen LogP contribution in [0.15, 0.2) is 6.20 Å². The number of nitrogens with one attached hydrogen (secondary N) is 1. The van der Waals surface area contributed by atoms with Gasteiger partial charge in [0.25, 0.3) is 12.3 Å². The number of halogens is 3. The summed E-state index contributed by atoms with van der Waals surface area (Å²) in [6.45, 7) is 3.41. The minimum atomic E-state index is -2.84. The number of rotatable bonds is 6. The van der Waals surface area contributed by atoms with Crippen molar-refractivity contribution in [3.8, 4) is 0 Å². The SMILES string of the molecule is CCn1ncc(NC(=O)Cn2nc(C(F)F)c(Cl)c2C)c1C(=O)N(C)C. The molecule has 142 valence electrons. The first-order valence-electron chi connectivity index (χ1n) is 7.75. The highest BCUT2D eigenvalue weighted by Gasteiger charge is 2.24. The van der Waals surface area contributed by atoms with Gasteiger partial charge < -0.3 is 10.2 Å². The summed E-state index contributed by atoms with van der Waals surface area (Å²) in [6, 6.07) is 0. The molecule has 0 fully saturated rings. The number of carbonyl (C=O) groups excluding carboxylic acids is 2. The third kappa shape index (κ3) is 3.85. The molecule has 2 amide bonds. The van der Waals surface area contributed by atoms with E-state index in [4.69, 9.17) is 11.6 Å². The number of hydrogen-bond acceptors (Lipinski definition) is 4. The molecule has 0 aromatic carbocycles. The van der Waals surface area contributed by atoms with Gasteiger partial charge in [0, 0.05) is 20.6 Å². The first kappa shape index (κ1) is 19.8. The van der Waals surface area contributed by atoms with E-state index in [0.717, 1.165) is 4.68 Å². The van der Waals surface area contributed by atoms with Gasteiger partial charge in [-0.05, 0) is 13.8 Å². The molecule has 2 aromatic heterocycles. The molecule has 0 bridgehead atoms. The Labute approximate surface area is 153 Å². The Kier molecular flexibility index (Phi) is 5.96. The van der Waals surface area contributed by atoms with Crippen molar-refractivity contribution < 1.29 is 18.4 Å². The van der Waals surface area contributed by atoms with Crippen LogP contribution >= 0.6 is 11.6 Å². The van der Waals surface area contributed by atoms with Gasteiger partial charge in [-0.1, -0.05) is 11.6 Å². The highest BCUT2D eigenvalue weighted by atomic mass is 35.5. The maximum absolute atomic E-state index is 12.9. The second kappa shape index (κ2) is 7.81. The van der Waals surface area contributed by atoms with Crippen LogP contribution in [0.25, 0.3) is 0 Å². The number of anilines is 1. The van der Waals surface area contributed by atoms with Gasteiger partial charge in [-0.15, -0.1) is 0 Å². The molecular formula is C15H19ClF2N6O2. The van der Waals surface area contributed by atoms with E-state index < -0.39 is 18.0 Å². The highest BCUT2D eigenvalue weighted by Crippen LogP contribution is 2.28. The lowest BCUT2D eigenvalue weighted by atomic mass is 10.3. The summed E-state index contributed by atoms with van der Waals surface area (Å²) < 4.78 is 28.3. The molecule has 2 aromatic rings. The van der Waals surface area contributed by atoms with Crippen LogP contribution in [0.3, 0.4) is 0 Å². The topological polar surface area (TPSA) is 85.0 Å². The molecule has 0 unspecified atom stereocenters. The predicted molar refractivity (Wildman–Crippen MR) is 91.5 cm³/mol. The Hall–Kier alpha value is -2.49. The summed E-state index contributed by atoms with van der Waals surface area (Å²) in [4.78, 5) is 26.0. The second-order valence-corrected chi connectivity index (χ2v) is 6.09. The maximum Gasteiger partial charge on any atom is 0.283 e. The van der Waals surface area contributed by atoms with Gasteiger partial charge in [0.05, 0.1) is 22.6 Å². The number of aryl methyl sites for hydroxylation is 1. The van der Waals surface area contributed by atoms with Crippen LogP contribution in [0.1, 0.15) is 35.2 Å². The van der Waals surface area contributed by atoms with Gasteiger partial charge in [-0.2, -0.15) is 10.2 Å². The Balaban J connectivity index is 2.23. The van der Waals surface area contributed by atoms with Gasteiger partial charge in [0.15, 0.2) is 0 Å². The van der Waals surface area contributed by atoms with E-state index in [1.807, 2.05) is 6.92 Å². The average Bonchev–Trinajstić information content (AvgIpc) is 3.09.